The molecule has 0 radical (unpaired) electrons. The lowest BCUT2D eigenvalue weighted by Crippen LogP contribution is -2.29. The first kappa shape index (κ1) is 9.95. The third-order valence-corrected chi connectivity index (χ3v) is 2.04. The summed E-state index contributed by atoms with van der Waals surface area (Å²) in [5.41, 5.74) is 0. The van der Waals surface area contributed by atoms with Crippen LogP contribution in [0.4, 0.5) is 4.39 Å². The van der Waals surface area contributed by atoms with E-state index in [0.717, 1.165) is 0 Å². The number of carbonyl (C=O) groups excluding carboxylic acids is 1. The number of nitrogens with zero attached hydrogens (tertiary/aromatic N) is 1. The van der Waals surface area contributed by atoms with Crippen molar-refractivity contribution in [2.75, 3.05) is 13.1 Å². The summed E-state index contributed by atoms with van der Waals surface area (Å²) in [7, 11) is 0. The monoisotopic (exact) mass is 189 g/mol. The maximum atomic E-state index is 12.6. The van der Waals surface area contributed by atoms with Crippen LogP contribution in [-0.4, -0.2) is 41.1 Å². The van der Waals surface area contributed by atoms with Gasteiger partial charge in [-0.3, -0.25) is 9.59 Å². The van der Waals surface area contributed by atoms with Crippen LogP contribution in [-0.2, 0) is 9.59 Å². The molecular weight excluding hydrogens is 177 g/mol. The molecule has 0 aromatic carbocycles. The summed E-state index contributed by atoms with van der Waals surface area (Å²) in [5.74, 6) is -1.26. The SMILES string of the molecule is O=C(O)CCC(=O)N1CC[C@H](F)C1. The summed E-state index contributed by atoms with van der Waals surface area (Å²) in [6, 6.07) is 0. The van der Waals surface area contributed by atoms with Gasteiger partial charge < -0.3 is 10.0 Å². The summed E-state index contributed by atoms with van der Waals surface area (Å²) in [4.78, 5) is 22.7. The number of rotatable bonds is 3. The predicted octanol–water partition coefficient (Wildman–Crippen LogP) is 0.422. The maximum absolute atomic E-state index is 12.6. The molecule has 74 valence electrons. The molecule has 0 saturated carbocycles. The van der Waals surface area contributed by atoms with Crippen LogP contribution in [0.3, 0.4) is 0 Å². The minimum absolute atomic E-state index is 0.0257. The largest absolute Gasteiger partial charge is 0.481 e. The predicted molar refractivity (Wildman–Crippen MR) is 43.0 cm³/mol. The number of carbonyl (C=O) groups is 2. The van der Waals surface area contributed by atoms with Gasteiger partial charge in [-0.15, -0.1) is 0 Å². The zero-order valence-electron chi connectivity index (χ0n) is 7.20. The average molecular weight is 189 g/mol. The molecule has 0 aromatic rings. The molecule has 0 spiro atoms. The van der Waals surface area contributed by atoms with E-state index in [1.54, 1.807) is 0 Å². The van der Waals surface area contributed by atoms with Crippen LogP contribution >= 0.6 is 0 Å². The maximum Gasteiger partial charge on any atom is 0.303 e. The van der Waals surface area contributed by atoms with Gasteiger partial charge in [-0.2, -0.15) is 0 Å². The van der Waals surface area contributed by atoms with Crippen LogP contribution in [0.25, 0.3) is 0 Å². The van der Waals surface area contributed by atoms with E-state index in [1.807, 2.05) is 0 Å². The van der Waals surface area contributed by atoms with Crippen molar-refractivity contribution in [2.24, 2.45) is 0 Å². The number of amides is 1. The number of aliphatic carboxylic acids is 1. The van der Waals surface area contributed by atoms with Crippen molar-refractivity contribution >= 4 is 11.9 Å². The van der Waals surface area contributed by atoms with Crippen LogP contribution in [0.1, 0.15) is 19.3 Å². The third kappa shape index (κ3) is 3.01. The highest BCUT2D eigenvalue weighted by Gasteiger charge is 2.25. The van der Waals surface area contributed by atoms with Crippen molar-refractivity contribution < 1.29 is 19.1 Å². The molecule has 0 aliphatic carbocycles. The normalized spacial score (nSPS) is 21.9. The van der Waals surface area contributed by atoms with Crippen LogP contribution in [0.5, 0.6) is 0 Å². The molecule has 1 aliphatic heterocycles. The second-order valence-corrected chi connectivity index (χ2v) is 3.12. The second-order valence-electron chi connectivity index (χ2n) is 3.12. The molecular formula is C8H12FNO3. The molecule has 13 heavy (non-hydrogen) atoms. The molecule has 0 aromatic heterocycles. The highest BCUT2D eigenvalue weighted by molar-refractivity contribution is 5.80. The van der Waals surface area contributed by atoms with Gasteiger partial charge in [-0.1, -0.05) is 0 Å². The Bertz CT molecular complexity index is 219. The van der Waals surface area contributed by atoms with Gasteiger partial charge in [0.2, 0.25) is 5.91 Å². The Kier molecular flexibility index (Phi) is 3.22. The molecule has 4 nitrogen and oxygen atoms in total. The summed E-state index contributed by atoms with van der Waals surface area (Å²) in [6.07, 6.45) is -0.763. The van der Waals surface area contributed by atoms with Crippen LogP contribution < -0.4 is 0 Å². The average Bonchev–Trinajstić information content (AvgIpc) is 2.47. The Morgan fingerprint density at radius 1 is 1.46 bits per heavy atom. The number of halogens is 1. The fourth-order valence-electron chi connectivity index (χ4n) is 1.32. The number of alkyl halides is 1. The van der Waals surface area contributed by atoms with E-state index < -0.39 is 12.1 Å². The Labute approximate surface area is 75.3 Å². The van der Waals surface area contributed by atoms with E-state index >= 15 is 0 Å². The quantitative estimate of drug-likeness (QED) is 0.700. The van der Waals surface area contributed by atoms with Crippen LogP contribution in [0.2, 0.25) is 0 Å². The molecule has 1 fully saturated rings. The van der Waals surface area contributed by atoms with Gasteiger partial charge in [0, 0.05) is 13.0 Å². The summed E-state index contributed by atoms with van der Waals surface area (Å²) in [5, 5.41) is 8.31. The minimum Gasteiger partial charge on any atom is -0.481 e. The van der Waals surface area contributed by atoms with E-state index in [1.165, 1.54) is 4.90 Å². The molecule has 0 unspecified atom stereocenters. The Morgan fingerprint density at radius 3 is 2.62 bits per heavy atom. The summed E-state index contributed by atoms with van der Waals surface area (Å²) in [6.45, 7) is 0.540. The van der Waals surface area contributed by atoms with Crippen molar-refractivity contribution in [1.29, 1.82) is 0 Å². The standard InChI is InChI=1S/C8H12FNO3/c9-6-3-4-10(5-6)7(11)1-2-8(12)13/h6H,1-5H2,(H,12,13)/t6-/m0/s1. The molecule has 1 heterocycles. The second kappa shape index (κ2) is 4.20. The number of likely N-dealkylation sites (tertiary alicyclic amines) is 1. The first-order chi connectivity index (χ1) is 6.09. The fourth-order valence-corrected chi connectivity index (χ4v) is 1.32. The highest BCUT2D eigenvalue weighted by atomic mass is 19.1. The van der Waals surface area contributed by atoms with Crippen molar-refractivity contribution in [1.82, 2.24) is 4.90 Å². The van der Waals surface area contributed by atoms with Gasteiger partial charge in [0.25, 0.3) is 0 Å². The molecule has 1 amide bonds. The Hall–Kier alpha value is -1.13. The molecule has 1 atom stereocenters. The van der Waals surface area contributed by atoms with Crippen molar-refractivity contribution in [3.63, 3.8) is 0 Å². The molecule has 1 N–H and O–H groups in total. The van der Waals surface area contributed by atoms with Gasteiger partial charge >= 0.3 is 5.97 Å². The smallest absolute Gasteiger partial charge is 0.303 e. The van der Waals surface area contributed by atoms with E-state index in [0.29, 0.717) is 13.0 Å². The molecule has 0 bridgehead atoms. The number of hydrogen-bond donors (Lipinski definition) is 1. The zero-order valence-corrected chi connectivity index (χ0v) is 7.20. The first-order valence-corrected chi connectivity index (χ1v) is 4.23. The highest BCUT2D eigenvalue weighted by Crippen LogP contribution is 2.13. The first-order valence-electron chi connectivity index (χ1n) is 4.23. The minimum atomic E-state index is -0.996. The number of carboxylic acids is 1. The topological polar surface area (TPSA) is 57.6 Å². The van der Waals surface area contributed by atoms with Crippen LogP contribution in [0, 0.1) is 0 Å². The molecule has 5 heteroatoms. The van der Waals surface area contributed by atoms with E-state index in [4.69, 9.17) is 5.11 Å². The van der Waals surface area contributed by atoms with E-state index in [-0.39, 0.29) is 25.3 Å². The fraction of sp³-hybridized carbons (Fsp3) is 0.750. The number of hydrogen-bond acceptors (Lipinski definition) is 2. The van der Waals surface area contributed by atoms with Gasteiger partial charge in [0.1, 0.15) is 6.17 Å². The zero-order chi connectivity index (χ0) is 9.84. The van der Waals surface area contributed by atoms with Gasteiger partial charge in [0.05, 0.1) is 13.0 Å². The van der Waals surface area contributed by atoms with Crippen molar-refractivity contribution in [2.45, 2.75) is 25.4 Å². The molecule has 1 rings (SSSR count). The van der Waals surface area contributed by atoms with E-state index in [9.17, 15) is 14.0 Å². The third-order valence-electron chi connectivity index (χ3n) is 2.04. The van der Waals surface area contributed by atoms with E-state index in [2.05, 4.69) is 0 Å². The lowest BCUT2D eigenvalue weighted by molar-refractivity contribution is -0.140. The lowest BCUT2D eigenvalue weighted by Gasteiger charge is -2.13. The summed E-state index contributed by atoms with van der Waals surface area (Å²) < 4.78 is 12.6. The van der Waals surface area contributed by atoms with Crippen LogP contribution in [0.15, 0.2) is 0 Å². The van der Waals surface area contributed by atoms with Gasteiger partial charge in [-0.25, -0.2) is 4.39 Å². The summed E-state index contributed by atoms with van der Waals surface area (Å²) >= 11 is 0. The molecule has 1 aliphatic rings. The van der Waals surface area contributed by atoms with Gasteiger partial charge in [0.15, 0.2) is 0 Å². The number of carboxylic acid groups (broad SMARTS) is 1. The molecule has 1 saturated heterocycles. The Balaban J connectivity index is 2.27. The van der Waals surface area contributed by atoms with Gasteiger partial charge in [-0.05, 0) is 6.42 Å². The van der Waals surface area contributed by atoms with Crippen molar-refractivity contribution in [3.05, 3.63) is 0 Å². The Morgan fingerprint density at radius 2 is 2.15 bits per heavy atom. The van der Waals surface area contributed by atoms with Crippen molar-refractivity contribution in [3.8, 4) is 0 Å². The lowest BCUT2D eigenvalue weighted by atomic mass is 10.3.